The van der Waals surface area contributed by atoms with E-state index in [9.17, 15) is 4.79 Å². The van der Waals surface area contributed by atoms with Gasteiger partial charge >= 0.3 is 5.97 Å². The predicted octanol–water partition coefficient (Wildman–Crippen LogP) is 4.52. The normalized spacial score (nSPS) is 17.2. The topological polar surface area (TPSA) is 44.8 Å². The summed E-state index contributed by atoms with van der Waals surface area (Å²) in [7, 11) is 0. The molecule has 4 rings (SSSR count). The summed E-state index contributed by atoms with van der Waals surface area (Å²) in [5, 5.41) is 0. The average molecular weight is 334 g/mol. The van der Waals surface area contributed by atoms with Crippen molar-refractivity contribution in [2.24, 2.45) is 0 Å². The molecule has 0 fully saturated rings. The maximum atomic E-state index is 12.2. The first kappa shape index (κ1) is 15.5. The van der Waals surface area contributed by atoms with E-state index >= 15 is 0 Å². The van der Waals surface area contributed by atoms with Crippen LogP contribution >= 0.6 is 0 Å². The van der Waals surface area contributed by atoms with Crippen LogP contribution in [-0.2, 0) is 9.53 Å². The summed E-state index contributed by atoms with van der Waals surface area (Å²) in [5.41, 5.74) is 3.53. The van der Waals surface area contributed by atoms with E-state index in [1.165, 1.54) is 5.56 Å². The molecule has 126 valence electrons. The number of carbonyl (C=O) groups is 1. The zero-order chi connectivity index (χ0) is 17.4. The molecule has 0 radical (unpaired) electrons. The molecule has 0 saturated heterocycles. The first-order valence-electron chi connectivity index (χ1n) is 8.26. The molecule has 0 spiro atoms. The molecule has 0 aliphatic carbocycles. The minimum Gasteiger partial charge on any atom is -0.454 e. The average Bonchev–Trinajstić information content (AvgIpc) is 3.21. The van der Waals surface area contributed by atoms with E-state index < -0.39 is 0 Å². The Morgan fingerprint density at radius 3 is 2.52 bits per heavy atom. The molecule has 2 heterocycles. The van der Waals surface area contributed by atoms with Crippen molar-refractivity contribution in [2.45, 2.75) is 19.8 Å². The Balaban J connectivity index is 1.61. The Hall–Kier alpha value is -3.01. The van der Waals surface area contributed by atoms with Gasteiger partial charge in [-0.15, -0.1) is 0 Å². The van der Waals surface area contributed by atoms with E-state index in [1.54, 1.807) is 12.2 Å². The maximum absolute atomic E-state index is 12.2. The van der Waals surface area contributed by atoms with Gasteiger partial charge < -0.3 is 14.2 Å². The van der Waals surface area contributed by atoms with Gasteiger partial charge in [0, 0.05) is 5.56 Å². The number of benzene rings is 2. The van der Waals surface area contributed by atoms with Crippen LogP contribution in [-0.4, -0.2) is 12.8 Å². The standard InChI is InChI=1S/C21H18O4/c1-13(2)15-4-6-16(7-5-15)19-11-17(21(22)25-19)9-14-3-8-18-20(10-14)24-12-23-18/h3-11,13H,12H2,1-2H3/b17-9-. The quantitative estimate of drug-likeness (QED) is 0.611. The SMILES string of the molecule is CC(C)c1ccc(C2=C/C(=C/c3ccc4c(c3)OCO4)C(=O)O2)cc1. The van der Waals surface area contributed by atoms with Crippen molar-refractivity contribution in [1.29, 1.82) is 0 Å². The lowest BCUT2D eigenvalue weighted by Gasteiger charge is -2.06. The number of carbonyl (C=O) groups excluding carboxylic acids is 1. The molecule has 2 aromatic carbocycles. The Labute approximate surface area is 146 Å². The maximum Gasteiger partial charge on any atom is 0.343 e. The highest BCUT2D eigenvalue weighted by molar-refractivity contribution is 6.05. The van der Waals surface area contributed by atoms with E-state index in [1.807, 2.05) is 30.3 Å². The number of esters is 1. The van der Waals surface area contributed by atoms with Crippen LogP contribution in [0, 0.1) is 0 Å². The molecule has 0 atom stereocenters. The van der Waals surface area contributed by atoms with Crippen LogP contribution in [0.25, 0.3) is 11.8 Å². The fourth-order valence-electron chi connectivity index (χ4n) is 2.85. The molecular formula is C21H18O4. The summed E-state index contributed by atoms with van der Waals surface area (Å²) in [4.78, 5) is 12.2. The summed E-state index contributed by atoms with van der Waals surface area (Å²) in [6.45, 7) is 4.53. The van der Waals surface area contributed by atoms with Gasteiger partial charge in [0.05, 0.1) is 5.57 Å². The summed E-state index contributed by atoms with van der Waals surface area (Å²) >= 11 is 0. The molecule has 4 nitrogen and oxygen atoms in total. The Kier molecular flexibility index (Phi) is 3.80. The van der Waals surface area contributed by atoms with E-state index in [4.69, 9.17) is 14.2 Å². The molecule has 0 amide bonds. The van der Waals surface area contributed by atoms with E-state index in [0.717, 1.165) is 16.9 Å². The highest BCUT2D eigenvalue weighted by Crippen LogP contribution is 2.34. The second-order valence-electron chi connectivity index (χ2n) is 6.39. The highest BCUT2D eigenvalue weighted by Gasteiger charge is 2.22. The van der Waals surface area contributed by atoms with Crippen molar-refractivity contribution in [1.82, 2.24) is 0 Å². The lowest BCUT2D eigenvalue weighted by molar-refractivity contribution is -0.130. The van der Waals surface area contributed by atoms with Crippen LogP contribution in [0.2, 0.25) is 0 Å². The van der Waals surface area contributed by atoms with Gasteiger partial charge in [0.2, 0.25) is 6.79 Å². The van der Waals surface area contributed by atoms with Gasteiger partial charge in [0.25, 0.3) is 0 Å². The summed E-state index contributed by atoms with van der Waals surface area (Å²) in [6.07, 6.45) is 3.57. The van der Waals surface area contributed by atoms with Gasteiger partial charge in [-0.25, -0.2) is 4.79 Å². The molecule has 0 aromatic heterocycles. The number of rotatable bonds is 3. The smallest absolute Gasteiger partial charge is 0.343 e. The third kappa shape index (κ3) is 3.03. The summed E-state index contributed by atoms with van der Waals surface area (Å²) in [6, 6.07) is 13.7. The lowest BCUT2D eigenvalue weighted by atomic mass is 10.0. The molecule has 2 aromatic rings. The lowest BCUT2D eigenvalue weighted by Crippen LogP contribution is -1.97. The fraction of sp³-hybridized carbons (Fsp3) is 0.190. The number of fused-ring (bicyclic) bond motifs is 1. The van der Waals surface area contributed by atoms with Crippen LogP contribution in [0.3, 0.4) is 0 Å². The van der Waals surface area contributed by atoms with Crippen LogP contribution in [0.15, 0.2) is 54.1 Å². The van der Waals surface area contributed by atoms with Crippen molar-refractivity contribution in [3.63, 3.8) is 0 Å². The molecule has 2 aliphatic rings. The van der Waals surface area contributed by atoms with Gasteiger partial charge in [-0.2, -0.15) is 0 Å². The molecule has 25 heavy (non-hydrogen) atoms. The van der Waals surface area contributed by atoms with Crippen molar-refractivity contribution < 1.29 is 19.0 Å². The minimum absolute atomic E-state index is 0.230. The van der Waals surface area contributed by atoms with Crippen molar-refractivity contribution in [3.05, 3.63) is 70.8 Å². The molecule has 0 unspecified atom stereocenters. The monoisotopic (exact) mass is 334 g/mol. The van der Waals surface area contributed by atoms with Gasteiger partial charge in [0.1, 0.15) is 5.76 Å². The van der Waals surface area contributed by atoms with Crippen molar-refractivity contribution in [2.75, 3.05) is 6.79 Å². The Morgan fingerprint density at radius 2 is 1.76 bits per heavy atom. The van der Waals surface area contributed by atoms with Crippen LogP contribution in [0.5, 0.6) is 11.5 Å². The van der Waals surface area contributed by atoms with Crippen LogP contribution < -0.4 is 9.47 Å². The van der Waals surface area contributed by atoms with E-state index in [0.29, 0.717) is 23.0 Å². The van der Waals surface area contributed by atoms with E-state index in [-0.39, 0.29) is 12.8 Å². The predicted molar refractivity (Wildman–Crippen MR) is 95.1 cm³/mol. The van der Waals surface area contributed by atoms with Gasteiger partial charge in [0.15, 0.2) is 11.5 Å². The van der Waals surface area contributed by atoms with Gasteiger partial charge in [-0.05, 0) is 41.3 Å². The van der Waals surface area contributed by atoms with Crippen molar-refractivity contribution >= 4 is 17.8 Å². The number of ether oxygens (including phenoxy) is 3. The molecule has 0 bridgehead atoms. The third-order valence-corrected chi connectivity index (χ3v) is 4.31. The summed E-state index contributed by atoms with van der Waals surface area (Å²) in [5.74, 6) is 2.11. The van der Waals surface area contributed by atoms with Gasteiger partial charge in [-0.3, -0.25) is 0 Å². The summed E-state index contributed by atoms with van der Waals surface area (Å²) < 4.78 is 16.1. The van der Waals surface area contributed by atoms with Crippen molar-refractivity contribution in [3.8, 4) is 11.5 Å². The molecule has 4 heteroatoms. The first-order chi connectivity index (χ1) is 12.1. The second-order valence-corrected chi connectivity index (χ2v) is 6.39. The number of hydrogen-bond acceptors (Lipinski definition) is 4. The van der Waals surface area contributed by atoms with Crippen LogP contribution in [0.4, 0.5) is 0 Å². The van der Waals surface area contributed by atoms with Crippen LogP contribution in [0.1, 0.15) is 36.5 Å². The Morgan fingerprint density at radius 1 is 1.00 bits per heavy atom. The highest BCUT2D eigenvalue weighted by atomic mass is 16.7. The molecule has 2 aliphatic heterocycles. The third-order valence-electron chi connectivity index (χ3n) is 4.31. The number of cyclic esters (lactones) is 1. The molecule has 0 saturated carbocycles. The Bertz CT molecular complexity index is 889. The molecule has 0 N–H and O–H groups in total. The second kappa shape index (κ2) is 6.13. The largest absolute Gasteiger partial charge is 0.454 e. The zero-order valence-electron chi connectivity index (χ0n) is 14.1. The van der Waals surface area contributed by atoms with Gasteiger partial charge in [-0.1, -0.05) is 44.2 Å². The molecular weight excluding hydrogens is 316 g/mol. The first-order valence-corrected chi connectivity index (χ1v) is 8.26. The van der Waals surface area contributed by atoms with E-state index in [2.05, 4.69) is 26.0 Å². The fourth-order valence-corrected chi connectivity index (χ4v) is 2.85. The number of hydrogen-bond donors (Lipinski definition) is 0. The zero-order valence-corrected chi connectivity index (χ0v) is 14.1. The minimum atomic E-state index is -0.347.